The van der Waals surface area contributed by atoms with Crippen molar-refractivity contribution in [2.24, 2.45) is 0 Å². The van der Waals surface area contributed by atoms with Crippen molar-refractivity contribution in [3.05, 3.63) is 35.6 Å². The second-order valence-corrected chi connectivity index (χ2v) is 4.14. The van der Waals surface area contributed by atoms with Gasteiger partial charge in [-0.3, -0.25) is 0 Å². The number of hydrogen-bond acceptors (Lipinski definition) is 2. The third-order valence-corrected chi connectivity index (χ3v) is 2.85. The number of nitrogens with one attached hydrogen (secondary N) is 1. The SMILES string of the molecule is CCC(NCCCCOC)c1ccccc1F. The van der Waals surface area contributed by atoms with E-state index in [0.29, 0.717) is 0 Å². The van der Waals surface area contributed by atoms with Crippen molar-refractivity contribution in [2.45, 2.75) is 32.2 Å². The molecule has 0 aliphatic heterocycles. The van der Waals surface area contributed by atoms with E-state index in [1.807, 2.05) is 12.1 Å². The lowest BCUT2D eigenvalue weighted by molar-refractivity contribution is 0.192. The predicted molar refractivity (Wildman–Crippen MR) is 68.5 cm³/mol. The second kappa shape index (κ2) is 8.20. The fraction of sp³-hybridized carbons (Fsp3) is 0.571. The third-order valence-electron chi connectivity index (χ3n) is 2.85. The number of methoxy groups -OCH3 is 1. The fourth-order valence-electron chi connectivity index (χ4n) is 1.88. The van der Waals surface area contributed by atoms with E-state index >= 15 is 0 Å². The largest absolute Gasteiger partial charge is 0.385 e. The van der Waals surface area contributed by atoms with E-state index in [1.54, 1.807) is 13.2 Å². The Morgan fingerprint density at radius 2 is 2.06 bits per heavy atom. The Labute approximate surface area is 103 Å². The summed E-state index contributed by atoms with van der Waals surface area (Å²) in [4.78, 5) is 0. The van der Waals surface area contributed by atoms with Crippen LogP contribution in [0.15, 0.2) is 24.3 Å². The van der Waals surface area contributed by atoms with Crippen LogP contribution in [0.3, 0.4) is 0 Å². The zero-order valence-corrected chi connectivity index (χ0v) is 10.7. The van der Waals surface area contributed by atoms with Crippen LogP contribution < -0.4 is 5.32 Å². The highest BCUT2D eigenvalue weighted by Crippen LogP contribution is 2.19. The molecule has 1 aromatic carbocycles. The Hall–Kier alpha value is -0.930. The fourth-order valence-corrected chi connectivity index (χ4v) is 1.88. The van der Waals surface area contributed by atoms with Gasteiger partial charge in [-0.1, -0.05) is 25.1 Å². The molecule has 0 aromatic heterocycles. The second-order valence-electron chi connectivity index (χ2n) is 4.14. The zero-order chi connectivity index (χ0) is 12.5. The smallest absolute Gasteiger partial charge is 0.127 e. The molecule has 0 aliphatic carbocycles. The van der Waals surface area contributed by atoms with Crippen molar-refractivity contribution in [3.63, 3.8) is 0 Å². The van der Waals surface area contributed by atoms with E-state index in [4.69, 9.17) is 4.74 Å². The van der Waals surface area contributed by atoms with E-state index in [9.17, 15) is 4.39 Å². The lowest BCUT2D eigenvalue weighted by Crippen LogP contribution is -2.23. The minimum atomic E-state index is -0.122. The summed E-state index contributed by atoms with van der Waals surface area (Å²) in [5, 5.41) is 3.39. The highest BCUT2D eigenvalue weighted by atomic mass is 19.1. The standard InChI is InChI=1S/C14H22FNO/c1-3-14(16-10-6-7-11-17-2)12-8-4-5-9-13(12)15/h4-5,8-9,14,16H,3,6-7,10-11H2,1-2H3. The Morgan fingerprint density at radius 3 is 2.71 bits per heavy atom. The molecule has 0 fully saturated rings. The van der Waals surface area contributed by atoms with Crippen molar-refractivity contribution >= 4 is 0 Å². The molecule has 0 radical (unpaired) electrons. The van der Waals surface area contributed by atoms with Crippen LogP contribution in [-0.4, -0.2) is 20.3 Å². The molecule has 0 saturated heterocycles. The Kier molecular flexibility index (Phi) is 6.82. The summed E-state index contributed by atoms with van der Waals surface area (Å²) in [5.74, 6) is -0.122. The van der Waals surface area contributed by atoms with Gasteiger partial charge in [0.25, 0.3) is 0 Å². The van der Waals surface area contributed by atoms with Crippen LogP contribution in [0.25, 0.3) is 0 Å². The molecule has 1 N–H and O–H groups in total. The lowest BCUT2D eigenvalue weighted by Gasteiger charge is -2.18. The normalized spacial score (nSPS) is 12.6. The van der Waals surface area contributed by atoms with Gasteiger partial charge in [0.1, 0.15) is 5.82 Å². The van der Waals surface area contributed by atoms with Crippen molar-refractivity contribution in [3.8, 4) is 0 Å². The van der Waals surface area contributed by atoms with Crippen molar-refractivity contribution < 1.29 is 9.13 Å². The van der Waals surface area contributed by atoms with Crippen molar-refractivity contribution in [1.82, 2.24) is 5.32 Å². The summed E-state index contributed by atoms with van der Waals surface area (Å²) in [7, 11) is 1.71. The molecular weight excluding hydrogens is 217 g/mol. The zero-order valence-electron chi connectivity index (χ0n) is 10.7. The van der Waals surface area contributed by atoms with Gasteiger partial charge in [-0.15, -0.1) is 0 Å². The van der Waals surface area contributed by atoms with Crippen LogP contribution in [0.2, 0.25) is 0 Å². The van der Waals surface area contributed by atoms with E-state index in [1.165, 1.54) is 6.07 Å². The molecule has 0 heterocycles. The number of hydrogen-bond donors (Lipinski definition) is 1. The van der Waals surface area contributed by atoms with Gasteiger partial charge < -0.3 is 10.1 Å². The number of ether oxygens (including phenoxy) is 1. The van der Waals surface area contributed by atoms with Crippen LogP contribution in [-0.2, 0) is 4.74 Å². The molecule has 0 saturated carbocycles. The first-order valence-electron chi connectivity index (χ1n) is 6.26. The highest BCUT2D eigenvalue weighted by molar-refractivity contribution is 5.20. The summed E-state index contributed by atoms with van der Waals surface area (Å²) in [5.41, 5.74) is 0.766. The Balaban J connectivity index is 2.41. The van der Waals surface area contributed by atoms with E-state index in [2.05, 4.69) is 12.2 Å². The van der Waals surface area contributed by atoms with Gasteiger partial charge >= 0.3 is 0 Å². The van der Waals surface area contributed by atoms with Gasteiger partial charge in [-0.05, 0) is 31.9 Å². The molecule has 1 rings (SSSR count). The van der Waals surface area contributed by atoms with Crippen molar-refractivity contribution in [2.75, 3.05) is 20.3 Å². The van der Waals surface area contributed by atoms with Gasteiger partial charge in [0, 0.05) is 25.3 Å². The van der Waals surface area contributed by atoms with Gasteiger partial charge in [-0.2, -0.15) is 0 Å². The summed E-state index contributed by atoms with van der Waals surface area (Å²) < 4.78 is 18.6. The molecule has 1 aromatic rings. The number of rotatable bonds is 8. The molecule has 1 atom stereocenters. The van der Waals surface area contributed by atoms with Gasteiger partial charge in [-0.25, -0.2) is 4.39 Å². The van der Waals surface area contributed by atoms with E-state index in [0.717, 1.165) is 38.0 Å². The van der Waals surface area contributed by atoms with Crippen LogP contribution in [0.4, 0.5) is 4.39 Å². The molecule has 1 unspecified atom stereocenters. The first-order valence-corrected chi connectivity index (χ1v) is 6.26. The number of benzene rings is 1. The summed E-state index contributed by atoms with van der Waals surface area (Å²) >= 11 is 0. The molecule has 0 amide bonds. The van der Waals surface area contributed by atoms with Crippen LogP contribution in [0.5, 0.6) is 0 Å². The number of unbranched alkanes of at least 4 members (excludes halogenated alkanes) is 1. The molecule has 0 aliphatic rings. The van der Waals surface area contributed by atoms with E-state index in [-0.39, 0.29) is 11.9 Å². The summed E-state index contributed by atoms with van der Waals surface area (Å²) in [6, 6.07) is 7.09. The molecule has 0 spiro atoms. The Bertz CT molecular complexity index is 317. The molecule has 0 bridgehead atoms. The topological polar surface area (TPSA) is 21.3 Å². The predicted octanol–water partition coefficient (Wildman–Crippen LogP) is 3.29. The van der Waals surface area contributed by atoms with Gasteiger partial charge in [0.05, 0.1) is 0 Å². The Morgan fingerprint density at radius 1 is 1.29 bits per heavy atom. The maximum Gasteiger partial charge on any atom is 0.127 e. The third kappa shape index (κ3) is 4.84. The maximum atomic E-state index is 13.6. The summed E-state index contributed by atoms with van der Waals surface area (Å²) in [6.07, 6.45) is 2.99. The molecular formula is C14H22FNO. The molecule has 3 heteroatoms. The number of halogens is 1. The quantitative estimate of drug-likeness (QED) is 0.703. The molecule has 17 heavy (non-hydrogen) atoms. The van der Waals surface area contributed by atoms with Gasteiger partial charge in [0.15, 0.2) is 0 Å². The van der Waals surface area contributed by atoms with Crippen LogP contribution in [0.1, 0.15) is 37.8 Å². The van der Waals surface area contributed by atoms with Crippen molar-refractivity contribution in [1.29, 1.82) is 0 Å². The minimum absolute atomic E-state index is 0.110. The highest BCUT2D eigenvalue weighted by Gasteiger charge is 2.11. The average molecular weight is 239 g/mol. The van der Waals surface area contributed by atoms with Crippen LogP contribution >= 0.6 is 0 Å². The maximum absolute atomic E-state index is 13.6. The van der Waals surface area contributed by atoms with E-state index < -0.39 is 0 Å². The first kappa shape index (κ1) is 14.1. The first-order chi connectivity index (χ1) is 8.29. The minimum Gasteiger partial charge on any atom is -0.385 e. The molecule has 96 valence electrons. The van der Waals surface area contributed by atoms with Crippen LogP contribution in [0, 0.1) is 5.82 Å². The monoisotopic (exact) mass is 239 g/mol. The van der Waals surface area contributed by atoms with Gasteiger partial charge in [0.2, 0.25) is 0 Å². The summed E-state index contributed by atoms with van der Waals surface area (Å²) in [6.45, 7) is 3.76. The average Bonchev–Trinajstić information content (AvgIpc) is 2.35. The lowest BCUT2D eigenvalue weighted by atomic mass is 10.0. The molecule has 2 nitrogen and oxygen atoms in total.